The van der Waals surface area contributed by atoms with Crippen LogP contribution in [0.1, 0.15) is 5.56 Å². The van der Waals surface area contributed by atoms with Gasteiger partial charge < -0.3 is 0 Å². The number of hydrogen-bond donors (Lipinski definition) is 0. The Balaban J connectivity index is 2.04. The molecule has 0 amide bonds. The first kappa shape index (κ1) is 8.24. The van der Waals surface area contributed by atoms with Crippen molar-refractivity contribution in [2.75, 3.05) is 7.05 Å². The van der Waals surface area contributed by atoms with Crippen molar-refractivity contribution in [3.8, 4) is 0 Å². The van der Waals surface area contributed by atoms with E-state index < -0.39 is 0 Å². The molecular weight excluding hydrogens is 158 g/mol. The van der Waals surface area contributed by atoms with Gasteiger partial charge in [0, 0.05) is 0 Å². The van der Waals surface area contributed by atoms with Crippen LogP contribution in [0, 0.1) is 5.92 Å². The van der Waals surface area contributed by atoms with Gasteiger partial charge in [0.25, 0.3) is 0 Å². The topological polar surface area (TPSA) is 3.01 Å². The average molecular weight is 172 g/mol. The van der Waals surface area contributed by atoms with Crippen LogP contribution in [-0.4, -0.2) is 17.8 Å². The summed E-state index contributed by atoms with van der Waals surface area (Å²) >= 11 is 0. The Morgan fingerprint density at radius 1 is 1.23 bits per heavy atom. The van der Waals surface area contributed by atoms with Gasteiger partial charge in [0.1, 0.15) is 7.05 Å². The molecule has 66 valence electrons. The molecule has 1 aromatic carbocycles. The van der Waals surface area contributed by atoms with Crippen molar-refractivity contribution in [3.63, 3.8) is 0 Å². The van der Waals surface area contributed by atoms with Crippen LogP contribution in [0.25, 0.3) is 0 Å². The Hall–Kier alpha value is -1.37. The standard InChI is InChI=1S/C12H14N/c1-13-8-7-12(10-13)9-11-5-3-2-4-6-11/h2-8,10,12H,9H2,1H3/q+1. The fourth-order valence-corrected chi connectivity index (χ4v) is 1.65. The molecule has 1 aromatic rings. The van der Waals surface area contributed by atoms with Crippen LogP contribution >= 0.6 is 0 Å². The minimum Gasteiger partial charge on any atom is -0.211 e. The number of rotatable bonds is 2. The van der Waals surface area contributed by atoms with E-state index >= 15 is 0 Å². The fourth-order valence-electron chi connectivity index (χ4n) is 1.65. The number of benzene rings is 1. The van der Waals surface area contributed by atoms with Gasteiger partial charge in [-0.3, -0.25) is 0 Å². The van der Waals surface area contributed by atoms with Crippen LogP contribution in [0.15, 0.2) is 42.6 Å². The summed E-state index contributed by atoms with van der Waals surface area (Å²) in [5, 5.41) is 0. The van der Waals surface area contributed by atoms with Gasteiger partial charge >= 0.3 is 0 Å². The lowest BCUT2D eigenvalue weighted by atomic mass is 10.0. The van der Waals surface area contributed by atoms with E-state index in [0.29, 0.717) is 5.92 Å². The largest absolute Gasteiger partial charge is 0.211 e. The van der Waals surface area contributed by atoms with E-state index in [0.717, 1.165) is 6.42 Å². The summed E-state index contributed by atoms with van der Waals surface area (Å²) in [7, 11) is 2.07. The Morgan fingerprint density at radius 3 is 2.62 bits per heavy atom. The smallest absolute Gasteiger partial charge is 0.165 e. The van der Waals surface area contributed by atoms with Crippen molar-refractivity contribution in [1.29, 1.82) is 0 Å². The van der Waals surface area contributed by atoms with Gasteiger partial charge in [-0.05, 0) is 18.1 Å². The second-order valence-corrected chi connectivity index (χ2v) is 3.51. The Morgan fingerprint density at radius 2 is 2.00 bits per heavy atom. The van der Waals surface area contributed by atoms with Crippen molar-refractivity contribution >= 4 is 6.21 Å². The molecule has 0 fully saturated rings. The van der Waals surface area contributed by atoms with Crippen molar-refractivity contribution < 1.29 is 4.58 Å². The summed E-state index contributed by atoms with van der Waals surface area (Å²) in [6, 6.07) is 10.6. The molecule has 1 aliphatic heterocycles. The van der Waals surface area contributed by atoms with Crippen molar-refractivity contribution in [3.05, 3.63) is 48.2 Å². The molecule has 0 aliphatic carbocycles. The van der Waals surface area contributed by atoms with E-state index in [4.69, 9.17) is 0 Å². The molecule has 0 spiro atoms. The van der Waals surface area contributed by atoms with Gasteiger partial charge in [0.05, 0.1) is 5.92 Å². The fraction of sp³-hybridized carbons (Fsp3) is 0.250. The first-order valence-corrected chi connectivity index (χ1v) is 4.64. The van der Waals surface area contributed by atoms with Crippen LogP contribution in [0.2, 0.25) is 0 Å². The zero-order valence-corrected chi connectivity index (χ0v) is 7.85. The first-order chi connectivity index (χ1) is 6.34. The summed E-state index contributed by atoms with van der Waals surface area (Å²) < 4.78 is 2.12. The Labute approximate surface area is 79.0 Å². The maximum atomic E-state index is 2.24. The molecule has 1 atom stereocenters. The molecule has 0 saturated heterocycles. The van der Waals surface area contributed by atoms with Gasteiger partial charge in [-0.2, -0.15) is 0 Å². The number of hydrogen-bond acceptors (Lipinski definition) is 0. The molecule has 2 rings (SSSR count). The Bertz CT molecular complexity index is 335. The van der Waals surface area contributed by atoms with Gasteiger partial charge in [-0.25, -0.2) is 4.58 Å². The lowest BCUT2D eigenvalue weighted by Crippen LogP contribution is -2.03. The zero-order valence-electron chi connectivity index (χ0n) is 7.85. The number of nitrogens with zero attached hydrogens (tertiary/aromatic N) is 1. The molecule has 0 aromatic heterocycles. The first-order valence-electron chi connectivity index (χ1n) is 4.64. The van der Waals surface area contributed by atoms with E-state index in [2.05, 4.69) is 60.4 Å². The average Bonchev–Trinajstić information content (AvgIpc) is 2.53. The van der Waals surface area contributed by atoms with Gasteiger partial charge in [-0.1, -0.05) is 30.3 Å². The normalized spacial score (nSPS) is 20.4. The molecule has 13 heavy (non-hydrogen) atoms. The lowest BCUT2D eigenvalue weighted by molar-refractivity contribution is -0.414. The highest BCUT2D eigenvalue weighted by molar-refractivity contribution is 5.60. The highest BCUT2D eigenvalue weighted by Crippen LogP contribution is 2.10. The molecule has 1 unspecified atom stereocenters. The maximum Gasteiger partial charge on any atom is 0.165 e. The molecular formula is C12H14N+. The van der Waals surface area contributed by atoms with Crippen LogP contribution in [0.4, 0.5) is 0 Å². The van der Waals surface area contributed by atoms with Crippen LogP contribution < -0.4 is 0 Å². The molecule has 0 radical (unpaired) electrons. The van der Waals surface area contributed by atoms with Crippen molar-refractivity contribution in [1.82, 2.24) is 0 Å². The molecule has 0 N–H and O–H groups in total. The van der Waals surface area contributed by atoms with Crippen molar-refractivity contribution in [2.45, 2.75) is 6.42 Å². The van der Waals surface area contributed by atoms with E-state index in [-0.39, 0.29) is 0 Å². The third kappa shape index (κ3) is 2.05. The van der Waals surface area contributed by atoms with E-state index in [1.165, 1.54) is 5.56 Å². The third-order valence-electron chi connectivity index (χ3n) is 2.31. The molecule has 0 bridgehead atoms. The second-order valence-electron chi connectivity index (χ2n) is 3.51. The zero-order chi connectivity index (χ0) is 9.10. The highest BCUT2D eigenvalue weighted by atomic mass is 14.9. The molecule has 1 aliphatic rings. The summed E-state index contributed by atoms with van der Waals surface area (Å²) in [5.74, 6) is 0.576. The van der Waals surface area contributed by atoms with Crippen molar-refractivity contribution in [2.24, 2.45) is 5.92 Å². The lowest BCUT2D eigenvalue weighted by Gasteiger charge is -2.00. The van der Waals surface area contributed by atoms with Crippen LogP contribution in [0.3, 0.4) is 0 Å². The number of allylic oxidation sites excluding steroid dienone is 1. The third-order valence-corrected chi connectivity index (χ3v) is 2.31. The maximum absolute atomic E-state index is 2.24. The van der Waals surface area contributed by atoms with Gasteiger partial charge in [-0.15, -0.1) is 0 Å². The molecule has 0 saturated carbocycles. The minimum atomic E-state index is 0.576. The minimum absolute atomic E-state index is 0.576. The summed E-state index contributed by atoms with van der Waals surface area (Å²) in [6.07, 6.45) is 7.72. The monoisotopic (exact) mass is 172 g/mol. The molecule has 1 heterocycles. The predicted octanol–water partition coefficient (Wildman–Crippen LogP) is 2.09. The van der Waals surface area contributed by atoms with E-state index in [1.807, 2.05) is 0 Å². The van der Waals surface area contributed by atoms with E-state index in [1.54, 1.807) is 0 Å². The molecule has 1 heteroatoms. The van der Waals surface area contributed by atoms with Gasteiger partial charge in [0.2, 0.25) is 0 Å². The van der Waals surface area contributed by atoms with E-state index in [9.17, 15) is 0 Å². The summed E-state index contributed by atoms with van der Waals surface area (Å²) in [4.78, 5) is 0. The Kier molecular flexibility index (Phi) is 2.26. The van der Waals surface area contributed by atoms with Gasteiger partial charge in [0.15, 0.2) is 12.4 Å². The summed E-state index contributed by atoms with van der Waals surface area (Å²) in [5.41, 5.74) is 1.41. The molecule has 1 nitrogen and oxygen atoms in total. The quantitative estimate of drug-likeness (QED) is 0.601. The highest BCUT2D eigenvalue weighted by Gasteiger charge is 2.13. The van der Waals surface area contributed by atoms with Crippen LogP contribution in [-0.2, 0) is 6.42 Å². The SMILES string of the molecule is C[N+]1=CC(Cc2ccccc2)C=C1. The predicted molar refractivity (Wildman–Crippen MR) is 55.0 cm³/mol. The second kappa shape index (κ2) is 3.56. The van der Waals surface area contributed by atoms with Crippen LogP contribution in [0.5, 0.6) is 0 Å². The summed E-state index contributed by atoms with van der Waals surface area (Å²) in [6.45, 7) is 0.